The SMILES string of the molecule is CC#C[Si](C)(C)CCC. The van der Waals surface area contributed by atoms with Gasteiger partial charge in [-0.25, -0.2) is 0 Å². The summed E-state index contributed by atoms with van der Waals surface area (Å²) in [4.78, 5) is 0. The summed E-state index contributed by atoms with van der Waals surface area (Å²) in [7, 11) is -1.06. The zero-order valence-electron chi connectivity index (χ0n) is 6.91. The Morgan fingerprint density at radius 3 is 2.22 bits per heavy atom. The molecule has 0 bridgehead atoms. The third-order valence-electron chi connectivity index (χ3n) is 1.34. The van der Waals surface area contributed by atoms with Crippen LogP contribution in [0.4, 0.5) is 0 Å². The van der Waals surface area contributed by atoms with Crippen LogP contribution in [0.15, 0.2) is 0 Å². The molecule has 0 aromatic carbocycles. The van der Waals surface area contributed by atoms with Crippen molar-refractivity contribution >= 4 is 8.07 Å². The van der Waals surface area contributed by atoms with Crippen molar-refractivity contribution < 1.29 is 0 Å². The third-order valence-corrected chi connectivity index (χ3v) is 4.02. The first-order chi connectivity index (χ1) is 4.12. The van der Waals surface area contributed by atoms with Crippen molar-refractivity contribution in [1.82, 2.24) is 0 Å². The quantitative estimate of drug-likeness (QED) is 0.408. The van der Waals surface area contributed by atoms with Gasteiger partial charge in [0.1, 0.15) is 8.07 Å². The van der Waals surface area contributed by atoms with Crippen molar-refractivity contribution in [2.24, 2.45) is 0 Å². The lowest BCUT2D eigenvalue weighted by Gasteiger charge is -2.11. The van der Waals surface area contributed by atoms with Crippen LogP contribution in [0.5, 0.6) is 0 Å². The number of hydrogen-bond donors (Lipinski definition) is 0. The van der Waals surface area contributed by atoms with Gasteiger partial charge >= 0.3 is 0 Å². The van der Waals surface area contributed by atoms with Gasteiger partial charge in [-0.2, -0.15) is 0 Å². The zero-order valence-corrected chi connectivity index (χ0v) is 7.91. The average molecular weight is 140 g/mol. The van der Waals surface area contributed by atoms with Crippen LogP contribution in [-0.4, -0.2) is 8.07 Å². The second-order valence-corrected chi connectivity index (χ2v) is 7.53. The summed E-state index contributed by atoms with van der Waals surface area (Å²) in [5, 5.41) is 0. The minimum absolute atomic E-state index is 1.06. The highest BCUT2D eigenvalue weighted by Crippen LogP contribution is 2.09. The van der Waals surface area contributed by atoms with Gasteiger partial charge in [0, 0.05) is 0 Å². The molecule has 0 aromatic heterocycles. The number of rotatable bonds is 2. The third kappa shape index (κ3) is 4.29. The molecule has 0 unspecified atom stereocenters. The molecule has 0 radical (unpaired) electrons. The lowest BCUT2D eigenvalue weighted by atomic mass is 10.6. The summed E-state index contributed by atoms with van der Waals surface area (Å²) in [6, 6.07) is 1.34. The molecule has 0 spiro atoms. The molecule has 0 aliphatic carbocycles. The highest BCUT2D eigenvalue weighted by atomic mass is 28.3. The highest BCUT2D eigenvalue weighted by molar-refractivity contribution is 6.85. The molecule has 1 heteroatoms. The molecule has 0 heterocycles. The summed E-state index contributed by atoms with van der Waals surface area (Å²) in [5.74, 6) is 3.00. The summed E-state index contributed by atoms with van der Waals surface area (Å²) in [5.41, 5.74) is 3.31. The van der Waals surface area contributed by atoms with Crippen LogP contribution < -0.4 is 0 Å². The van der Waals surface area contributed by atoms with Crippen molar-refractivity contribution in [3.63, 3.8) is 0 Å². The first-order valence-corrected chi connectivity index (χ1v) is 6.77. The average Bonchev–Trinajstić information content (AvgIpc) is 1.64. The van der Waals surface area contributed by atoms with E-state index >= 15 is 0 Å². The molecule has 0 nitrogen and oxygen atoms in total. The molecule has 0 aliphatic rings. The van der Waals surface area contributed by atoms with Crippen LogP contribution in [0.3, 0.4) is 0 Å². The lowest BCUT2D eigenvalue weighted by Crippen LogP contribution is -2.22. The molecule has 0 atom stereocenters. The van der Waals surface area contributed by atoms with Crippen LogP contribution >= 0.6 is 0 Å². The van der Waals surface area contributed by atoms with Gasteiger partial charge in [0.05, 0.1) is 0 Å². The number of hydrogen-bond acceptors (Lipinski definition) is 0. The van der Waals surface area contributed by atoms with E-state index in [0.29, 0.717) is 0 Å². The van der Waals surface area contributed by atoms with E-state index in [4.69, 9.17) is 0 Å². The Morgan fingerprint density at radius 2 is 1.89 bits per heavy atom. The maximum atomic E-state index is 3.31. The smallest absolute Gasteiger partial charge is 0.132 e. The molecule has 0 saturated heterocycles. The Bertz CT molecular complexity index is 125. The van der Waals surface area contributed by atoms with Gasteiger partial charge in [0.2, 0.25) is 0 Å². The Hall–Kier alpha value is -0.223. The standard InChI is InChI=1S/C8H16Si/c1-5-7-9(3,4)8-6-2/h5,7H2,1-4H3. The predicted octanol–water partition coefficient (Wildman–Crippen LogP) is 2.67. The Labute approximate surface area is 59.7 Å². The maximum Gasteiger partial charge on any atom is 0.132 e. The van der Waals surface area contributed by atoms with Crippen molar-refractivity contribution in [2.45, 2.75) is 39.4 Å². The molecule has 0 fully saturated rings. The van der Waals surface area contributed by atoms with E-state index in [0.717, 1.165) is 0 Å². The summed E-state index contributed by atoms with van der Waals surface area (Å²) >= 11 is 0. The molecule has 0 saturated carbocycles. The fourth-order valence-corrected chi connectivity index (χ4v) is 3.08. The monoisotopic (exact) mass is 140 g/mol. The first-order valence-electron chi connectivity index (χ1n) is 3.56. The van der Waals surface area contributed by atoms with E-state index < -0.39 is 8.07 Å². The zero-order chi connectivity index (χ0) is 7.33. The Morgan fingerprint density at radius 1 is 1.33 bits per heavy atom. The van der Waals surface area contributed by atoms with E-state index in [1.54, 1.807) is 0 Å². The minimum atomic E-state index is -1.06. The van der Waals surface area contributed by atoms with Crippen molar-refractivity contribution in [3.05, 3.63) is 0 Å². The van der Waals surface area contributed by atoms with Crippen LogP contribution in [0, 0.1) is 11.5 Å². The van der Waals surface area contributed by atoms with Crippen molar-refractivity contribution in [3.8, 4) is 11.5 Å². The second-order valence-electron chi connectivity index (χ2n) is 3.01. The van der Waals surface area contributed by atoms with E-state index in [1.807, 2.05) is 6.92 Å². The minimum Gasteiger partial charge on any atom is -0.132 e. The fraction of sp³-hybridized carbons (Fsp3) is 0.750. The molecule has 0 aliphatic heterocycles. The van der Waals surface area contributed by atoms with Gasteiger partial charge < -0.3 is 0 Å². The van der Waals surface area contributed by atoms with Gasteiger partial charge in [0.25, 0.3) is 0 Å². The summed E-state index contributed by atoms with van der Waals surface area (Å²) < 4.78 is 0. The van der Waals surface area contributed by atoms with E-state index in [9.17, 15) is 0 Å². The van der Waals surface area contributed by atoms with Crippen LogP contribution in [0.1, 0.15) is 20.3 Å². The molecule has 9 heavy (non-hydrogen) atoms. The molecule has 52 valence electrons. The van der Waals surface area contributed by atoms with Crippen molar-refractivity contribution in [1.29, 1.82) is 0 Å². The van der Waals surface area contributed by atoms with Crippen LogP contribution in [0.25, 0.3) is 0 Å². The van der Waals surface area contributed by atoms with E-state index in [-0.39, 0.29) is 0 Å². The first kappa shape index (κ1) is 8.78. The molecule has 0 amide bonds. The Kier molecular flexibility index (Phi) is 3.64. The predicted molar refractivity (Wildman–Crippen MR) is 46.0 cm³/mol. The van der Waals surface area contributed by atoms with Gasteiger partial charge in [-0.3, -0.25) is 0 Å². The molecule has 0 rings (SSSR count). The second kappa shape index (κ2) is 3.74. The van der Waals surface area contributed by atoms with E-state index in [1.165, 1.54) is 12.5 Å². The molecular formula is C8H16Si. The maximum absolute atomic E-state index is 3.31. The fourth-order valence-electron chi connectivity index (χ4n) is 1.03. The topological polar surface area (TPSA) is 0 Å². The normalized spacial score (nSPS) is 10.2. The highest BCUT2D eigenvalue weighted by Gasteiger charge is 2.14. The lowest BCUT2D eigenvalue weighted by molar-refractivity contribution is 1.05. The molecule has 0 N–H and O–H groups in total. The van der Waals surface area contributed by atoms with Crippen LogP contribution in [-0.2, 0) is 0 Å². The van der Waals surface area contributed by atoms with Gasteiger partial charge in [-0.05, 0) is 13.0 Å². The van der Waals surface area contributed by atoms with Crippen molar-refractivity contribution in [2.75, 3.05) is 0 Å². The summed E-state index contributed by atoms with van der Waals surface area (Å²) in [6.45, 7) is 8.82. The largest absolute Gasteiger partial charge is 0.132 e. The molecule has 0 aromatic rings. The van der Waals surface area contributed by atoms with Crippen LogP contribution in [0.2, 0.25) is 19.1 Å². The molecular weight excluding hydrogens is 124 g/mol. The van der Waals surface area contributed by atoms with Gasteiger partial charge in [-0.1, -0.05) is 26.4 Å². The van der Waals surface area contributed by atoms with E-state index in [2.05, 4.69) is 31.5 Å². The van der Waals surface area contributed by atoms with Gasteiger partial charge in [-0.15, -0.1) is 11.5 Å². The Balaban J connectivity index is 3.80. The van der Waals surface area contributed by atoms with Gasteiger partial charge in [0.15, 0.2) is 0 Å². The summed E-state index contributed by atoms with van der Waals surface area (Å²) in [6.07, 6.45) is 1.29.